The van der Waals surface area contributed by atoms with Gasteiger partial charge in [-0.05, 0) is 42.5 Å². The van der Waals surface area contributed by atoms with E-state index in [2.05, 4.69) is 25.6 Å². The number of nitrogens with zero attached hydrogens (tertiary/aromatic N) is 2. The summed E-state index contributed by atoms with van der Waals surface area (Å²) < 4.78 is 39.7. The number of rotatable bonds is 9. The second-order valence-electron chi connectivity index (χ2n) is 8.41. The number of allylic oxidation sites excluding steroid dienone is 3. The summed E-state index contributed by atoms with van der Waals surface area (Å²) in [6, 6.07) is 6.94. The van der Waals surface area contributed by atoms with E-state index in [4.69, 9.17) is 0 Å². The molecule has 2 aromatic heterocycles. The number of thiazole rings is 1. The third-order valence-electron chi connectivity index (χ3n) is 5.82. The van der Waals surface area contributed by atoms with E-state index in [-0.39, 0.29) is 43.3 Å². The molecule has 0 saturated carbocycles. The van der Waals surface area contributed by atoms with Crippen LogP contribution in [0.4, 0.5) is 24.8 Å². The fraction of sp³-hybridized carbons (Fsp3) is 0.280. The van der Waals surface area contributed by atoms with E-state index in [0.717, 1.165) is 11.6 Å². The Morgan fingerprint density at radius 3 is 2.65 bits per heavy atom. The van der Waals surface area contributed by atoms with Crippen molar-refractivity contribution in [3.8, 4) is 11.3 Å². The minimum absolute atomic E-state index is 0.141. The first kappa shape index (κ1) is 26.3. The maximum Gasteiger partial charge on any atom is 0.395 e. The molecule has 0 spiro atoms. The number of aromatic amines is 1. The summed E-state index contributed by atoms with van der Waals surface area (Å²) >= 11 is 1.32. The number of aliphatic hydroxyl groups excluding tert-OH is 1. The lowest BCUT2D eigenvalue weighted by Gasteiger charge is -2.24. The van der Waals surface area contributed by atoms with Gasteiger partial charge in [-0.25, -0.2) is 9.97 Å². The fourth-order valence-corrected chi connectivity index (χ4v) is 4.43. The van der Waals surface area contributed by atoms with Crippen LogP contribution in [0.15, 0.2) is 65.2 Å². The summed E-state index contributed by atoms with van der Waals surface area (Å²) in [5, 5.41) is 16.3. The molecule has 2 atom stereocenters. The molecule has 4 rings (SSSR count). The lowest BCUT2D eigenvalue weighted by atomic mass is 9.85. The maximum absolute atomic E-state index is 13.2. The van der Waals surface area contributed by atoms with Crippen molar-refractivity contribution < 1.29 is 27.9 Å². The smallest absolute Gasteiger partial charge is 0.395 e. The van der Waals surface area contributed by atoms with Crippen LogP contribution in [0, 0.1) is 11.8 Å². The SMILES string of the molecule is O=C(Nc1ccc(-c2cnc(NC(=O)C(CCCO)C3=CC(C(F)(F)F)CC=C3)[nH]2)cc1)c1cscn1. The molecule has 3 aromatic rings. The Morgan fingerprint density at radius 2 is 1.97 bits per heavy atom. The van der Waals surface area contributed by atoms with Crippen molar-refractivity contribution in [2.45, 2.75) is 25.4 Å². The number of hydrogen-bond acceptors (Lipinski definition) is 6. The number of halogens is 3. The van der Waals surface area contributed by atoms with Gasteiger partial charge in [-0.3, -0.25) is 14.9 Å². The van der Waals surface area contributed by atoms with Crippen molar-refractivity contribution in [2.75, 3.05) is 17.2 Å². The highest BCUT2D eigenvalue weighted by Gasteiger charge is 2.39. The normalized spacial score (nSPS) is 16.2. The van der Waals surface area contributed by atoms with Gasteiger partial charge in [0.1, 0.15) is 5.69 Å². The number of nitrogens with one attached hydrogen (secondary N) is 3. The second kappa shape index (κ2) is 11.5. The molecule has 2 heterocycles. The van der Waals surface area contributed by atoms with Gasteiger partial charge in [-0.2, -0.15) is 13.2 Å². The molecule has 0 saturated heterocycles. The number of carbonyl (C=O) groups excluding carboxylic acids is 2. The molecule has 0 bridgehead atoms. The lowest BCUT2D eigenvalue weighted by Crippen LogP contribution is -2.28. The zero-order valence-electron chi connectivity index (χ0n) is 19.5. The predicted octanol–water partition coefficient (Wildman–Crippen LogP) is 5.18. The van der Waals surface area contributed by atoms with Crippen molar-refractivity contribution in [2.24, 2.45) is 11.8 Å². The number of aliphatic hydroxyl groups is 1. The van der Waals surface area contributed by atoms with Crippen molar-refractivity contribution in [3.05, 3.63) is 70.8 Å². The average Bonchev–Trinajstić information content (AvgIpc) is 3.57. The summed E-state index contributed by atoms with van der Waals surface area (Å²) in [4.78, 5) is 36.3. The van der Waals surface area contributed by atoms with Crippen LogP contribution in [0.3, 0.4) is 0 Å². The van der Waals surface area contributed by atoms with Crippen LogP contribution in [-0.4, -0.2) is 44.7 Å². The summed E-state index contributed by atoms with van der Waals surface area (Å²) in [6.45, 7) is -0.186. The Labute approximate surface area is 214 Å². The number of H-pyrrole nitrogens is 1. The monoisotopic (exact) mass is 531 g/mol. The zero-order valence-corrected chi connectivity index (χ0v) is 20.3. The summed E-state index contributed by atoms with van der Waals surface area (Å²) in [7, 11) is 0. The predicted molar refractivity (Wildman–Crippen MR) is 134 cm³/mol. The van der Waals surface area contributed by atoms with Gasteiger partial charge in [-0.15, -0.1) is 11.3 Å². The molecule has 4 N–H and O–H groups in total. The van der Waals surface area contributed by atoms with Gasteiger partial charge in [-0.1, -0.05) is 30.4 Å². The molecular formula is C25H24F3N5O3S. The van der Waals surface area contributed by atoms with Crippen LogP contribution >= 0.6 is 11.3 Å². The first-order valence-corrected chi connectivity index (χ1v) is 12.4. The summed E-state index contributed by atoms with van der Waals surface area (Å²) in [6.07, 6.45) is 1.43. The largest absolute Gasteiger partial charge is 0.396 e. The van der Waals surface area contributed by atoms with Gasteiger partial charge in [0.2, 0.25) is 11.9 Å². The average molecular weight is 532 g/mol. The summed E-state index contributed by atoms with van der Waals surface area (Å²) in [5.74, 6) is -3.22. The van der Waals surface area contributed by atoms with E-state index in [1.807, 2.05) is 0 Å². The highest BCUT2D eigenvalue weighted by atomic mass is 32.1. The number of alkyl halides is 3. The lowest BCUT2D eigenvalue weighted by molar-refractivity contribution is -0.160. The summed E-state index contributed by atoms with van der Waals surface area (Å²) in [5.41, 5.74) is 4.07. The number of imidazole rings is 1. The van der Waals surface area contributed by atoms with E-state index in [1.165, 1.54) is 29.7 Å². The highest BCUT2D eigenvalue weighted by molar-refractivity contribution is 7.07. The molecule has 1 aliphatic rings. The first-order valence-electron chi connectivity index (χ1n) is 11.5. The standard InChI is InChI=1S/C25H24F3N5O3S/c26-25(27,28)17-4-1-3-16(11-17)19(5-2-10-34)22(35)33-24-29-12-20(32-24)15-6-8-18(9-7-15)31-23(36)21-13-37-14-30-21/h1,3,6-9,11-14,17,19,34H,2,4-5,10H2,(H,31,36)(H2,29,32,33,35). The molecule has 8 nitrogen and oxygen atoms in total. The molecule has 2 amide bonds. The Morgan fingerprint density at radius 1 is 1.19 bits per heavy atom. The first-order chi connectivity index (χ1) is 17.7. The Kier molecular flexibility index (Phi) is 8.19. The molecule has 2 unspecified atom stereocenters. The van der Waals surface area contributed by atoms with E-state index in [1.54, 1.807) is 35.2 Å². The van der Waals surface area contributed by atoms with Crippen LogP contribution in [0.25, 0.3) is 11.3 Å². The van der Waals surface area contributed by atoms with Gasteiger partial charge < -0.3 is 15.4 Å². The van der Waals surface area contributed by atoms with E-state index in [0.29, 0.717) is 17.1 Å². The Hall–Kier alpha value is -3.77. The van der Waals surface area contributed by atoms with Crippen LogP contribution in [-0.2, 0) is 4.79 Å². The number of benzene rings is 1. The van der Waals surface area contributed by atoms with Gasteiger partial charge in [0.05, 0.1) is 29.2 Å². The number of aromatic nitrogens is 3. The molecule has 0 radical (unpaired) electrons. The third kappa shape index (κ3) is 6.71. The number of amides is 2. The van der Waals surface area contributed by atoms with E-state index >= 15 is 0 Å². The second-order valence-corrected chi connectivity index (χ2v) is 9.13. The Balaban J connectivity index is 1.43. The highest BCUT2D eigenvalue weighted by Crippen LogP contribution is 2.36. The molecule has 1 aliphatic carbocycles. The molecule has 0 fully saturated rings. The van der Waals surface area contributed by atoms with Crippen LogP contribution < -0.4 is 10.6 Å². The number of anilines is 2. The van der Waals surface area contributed by atoms with Crippen LogP contribution in [0.5, 0.6) is 0 Å². The molecule has 1 aromatic carbocycles. The quantitative estimate of drug-likeness (QED) is 0.303. The maximum atomic E-state index is 13.2. The molecule has 37 heavy (non-hydrogen) atoms. The van der Waals surface area contributed by atoms with Crippen molar-refractivity contribution in [1.82, 2.24) is 15.0 Å². The van der Waals surface area contributed by atoms with Crippen molar-refractivity contribution >= 4 is 34.8 Å². The molecular weight excluding hydrogens is 507 g/mol. The van der Waals surface area contributed by atoms with Gasteiger partial charge in [0.25, 0.3) is 5.91 Å². The van der Waals surface area contributed by atoms with E-state index in [9.17, 15) is 27.9 Å². The minimum Gasteiger partial charge on any atom is -0.396 e. The molecule has 194 valence electrons. The van der Waals surface area contributed by atoms with Gasteiger partial charge in [0.15, 0.2) is 0 Å². The van der Waals surface area contributed by atoms with Gasteiger partial charge in [0, 0.05) is 17.7 Å². The number of hydrogen-bond donors (Lipinski definition) is 4. The fourth-order valence-electron chi connectivity index (χ4n) is 3.90. The Bertz CT molecular complexity index is 1280. The van der Waals surface area contributed by atoms with Crippen molar-refractivity contribution in [3.63, 3.8) is 0 Å². The zero-order chi connectivity index (χ0) is 26.4. The minimum atomic E-state index is -4.40. The van der Waals surface area contributed by atoms with Crippen LogP contribution in [0.1, 0.15) is 29.8 Å². The molecule has 12 heteroatoms. The van der Waals surface area contributed by atoms with Crippen molar-refractivity contribution in [1.29, 1.82) is 0 Å². The molecule has 0 aliphatic heterocycles. The van der Waals surface area contributed by atoms with Crippen LogP contribution in [0.2, 0.25) is 0 Å². The van der Waals surface area contributed by atoms with Gasteiger partial charge >= 0.3 is 6.18 Å². The number of carbonyl (C=O) groups is 2. The third-order valence-corrected chi connectivity index (χ3v) is 6.41. The van der Waals surface area contributed by atoms with E-state index < -0.39 is 23.9 Å². The topological polar surface area (TPSA) is 120 Å².